The van der Waals surface area contributed by atoms with Gasteiger partial charge in [0.2, 0.25) is 0 Å². The Hall–Kier alpha value is -1.97. The van der Waals surface area contributed by atoms with Gasteiger partial charge in [0.15, 0.2) is 0 Å². The standard InChI is InChI=1S/C16H12ClFN2/c17-14-6-2-5-12(15(14)18)16(19)11-4-1-3-10-7-8-20-9-13(10)11/h1-9,16H,19H2. The van der Waals surface area contributed by atoms with Crippen LogP contribution in [0.3, 0.4) is 0 Å². The van der Waals surface area contributed by atoms with Gasteiger partial charge in [0.1, 0.15) is 5.82 Å². The Kier molecular flexibility index (Phi) is 3.38. The topological polar surface area (TPSA) is 38.9 Å². The van der Waals surface area contributed by atoms with Gasteiger partial charge in [-0.1, -0.05) is 41.9 Å². The zero-order chi connectivity index (χ0) is 14.1. The summed E-state index contributed by atoms with van der Waals surface area (Å²) in [4.78, 5) is 4.11. The maximum Gasteiger partial charge on any atom is 0.146 e. The van der Waals surface area contributed by atoms with E-state index < -0.39 is 11.9 Å². The molecule has 3 rings (SSSR count). The normalized spacial score (nSPS) is 12.6. The van der Waals surface area contributed by atoms with Gasteiger partial charge in [-0.25, -0.2) is 4.39 Å². The van der Waals surface area contributed by atoms with Gasteiger partial charge in [0.05, 0.1) is 11.1 Å². The van der Waals surface area contributed by atoms with Gasteiger partial charge in [-0.05, 0) is 23.1 Å². The molecule has 1 aromatic heterocycles. The lowest BCUT2D eigenvalue weighted by Crippen LogP contribution is -2.14. The van der Waals surface area contributed by atoms with Crippen molar-refractivity contribution >= 4 is 22.4 Å². The van der Waals surface area contributed by atoms with Crippen LogP contribution in [0.1, 0.15) is 17.2 Å². The predicted octanol–water partition coefficient (Wildman–Crippen LogP) is 4.08. The fourth-order valence-corrected chi connectivity index (χ4v) is 2.52. The molecular weight excluding hydrogens is 275 g/mol. The van der Waals surface area contributed by atoms with Crippen LogP contribution in [0, 0.1) is 5.82 Å². The molecule has 20 heavy (non-hydrogen) atoms. The van der Waals surface area contributed by atoms with Crippen molar-refractivity contribution in [2.75, 3.05) is 0 Å². The van der Waals surface area contributed by atoms with E-state index in [-0.39, 0.29) is 5.02 Å². The van der Waals surface area contributed by atoms with Crippen molar-refractivity contribution in [1.82, 2.24) is 4.98 Å². The van der Waals surface area contributed by atoms with E-state index in [1.54, 1.807) is 24.5 Å². The summed E-state index contributed by atoms with van der Waals surface area (Å²) < 4.78 is 14.1. The second kappa shape index (κ2) is 5.19. The maximum atomic E-state index is 14.1. The van der Waals surface area contributed by atoms with Crippen LogP contribution in [0.4, 0.5) is 4.39 Å². The number of aromatic nitrogens is 1. The Morgan fingerprint density at radius 2 is 1.80 bits per heavy atom. The average molecular weight is 287 g/mol. The molecule has 1 atom stereocenters. The second-order valence-electron chi connectivity index (χ2n) is 4.56. The summed E-state index contributed by atoms with van der Waals surface area (Å²) in [5.74, 6) is -0.470. The van der Waals surface area contributed by atoms with E-state index in [4.69, 9.17) is 17.3 Å². The van der Waals surface area contributed by atoms with Gasteiger partial charge in [-0.2, -0.15) is 0 Å². The summed E-state index contributed by atoms with van der Waals surface area (Å²) >= 11 is 5.82. The largest absolute Gasteiger partial charge is 0.320 e. The molecule has 1 heterocycles. The molecule has 0 aliphatic heterocycles. The first-order valence-corrected chi connectivity index (χ1v) is 6.58. The minimum atomic E-state index is -0.582. The number of rotatable bonds is 2. The lowest BCUT2D eigenvalue weighted by atomic mass is 9.95. The second-order valence-corrected chi connectivity index (χ2v) is 4.97. The van der Waals surface area contributed by atoms with Crippen LogP contribution in [-0.4, -0.2) is 4.98 Å². The Labute approximate surface area is 121 Å². The Bertz CT molecular complexity index is 768. The maximum absolute atomic E-state index is 14.1. The molecular formula is C16H12ClFN2. The van der Waals surface area contributed by atoms with Crippen molar-refractivity contribution in [2.45, 2.75) is 6.04 Å². The van der Waals surface area contributed by atoms with Crippen LogP contribution >= 0.6 is 11.6 Å². The van der Waals surface area contributed by atoms with Gasteiger partial charge in [-0.15, -0.1) is 0 Å². The quantitative estimate of drug-likeness (QED) is 0.771. The van der Waals surface area contributed by atoms with Gasteiger partial charge in [0.25, 0.3) is 0 Å². The first-order chi connectivity index (χ1) is 9.68. The Morgan fingerprint density at radius 3 is 2.65 bits per heavy atom. The third-order valence-electron chi connectivity index (χ3n) is 3.37. The number of fused-ring (bicyclic) bond motifs is 1. The van der Waals surface area contributed by atoms with Crippen molar-refractivity contribution in [1.29, 1.82) is 0 Å². The molecule has 2 nitrogen and oxygen atoms in total. The molecule has 0 aliphatic rings. The number of pyridine rings is 1. The van der Waals surface area contributed by atoms with Gasteiger partial charge in [0, 0.05) is 23.3 Å². The summed E-state index contributed by atoms with van der Waals surface area (Å²) in [7, 11) is 0. The van der Waals surface area contributed by atoms with E-state index in [0.717, 1.165) is 16.3 Å². The molecule has 0 spiro atoms. The highest BCUT2D eigenvalue weighted by Crippen LogP contribution is 2.30. The number of halogens is 2. The highest BCUT2D eigenvalue weighted by atomic mass is 35.5. The summed E-state index contributed by atoms with van der Waals surface area (Å²) in [5.41, 5.74) is 7.44. The predicted molar refractivity (Wildman–Crippen MR) is 79.2 cm³/mol. The SMILES string of the molecule is NC(c1cccc(Cl)c1F)c1cccc2ccncc12. The summed E-state index contributed by atoms with van der Waals surface area (Å²) in [5, 5.41) is 2.02. The number of nitrogens with zero attached hydrogens (tertiary/aromatic N) is 1. The van der Waals surface area contributed by atoms with Crippen LogP contribution in [0.15, 0.2) is 54.9 Å². The summed E-state index contributed by atoms with van der Waals surface area (Å²) in [6, 6.07) is 11.9. The summed E-state index contributed by atoms with van der Waals surface area (Å²) in [6.07, 6.45) is 3.46. The third kappa shape index (κ3) is 2.15. The Balaban J connectivity index is 2.18. The van der Waals surface area contributed by atoms with E-state index in [1.807, 2.05) is 24.3 Å². The monoisotopic (exact) mass is 286 g/mol. The first kappa shape index (κ1) is 13.0. The minimum absolute atomic E-state index is 0.0799. The molecule has 0 amide bonds. The molecule has 0 radical (unpaired) electrons. The smallest absolute Gasteiger partial charge is 0.146 e. The highest BCUT2D eigenvalue weighted by molar-refractivity contribution is 6.30. The molecule has 0 bridgehead atoms. The molecule has 0 fully saturated rings. The van der Waals surface area contributed by atoms with Crippen LogP contribution in [0.25, 0.3) is 10.8 Å². The molecule has 0 saturated carbocycles. The van der Waals surface area contributed by atoms with Crippen LogP contribution in [-0.2, 0) is 0 Å². The van der Waals surface area contributed by atoms with E-state index in [0.29, 0.717) is 5.56 Å². The Morgan fingerprint density at radius 1 is 1.05 bits per heavy atom. The zero-order valence-electron chi connectivity index (χ0n) is 10.6. The van der Waals surface area contributed by atoms with Crippen LogP contribution < -0.4 is 5.73 Å². The average Bonchev–Trinajstić information content (AvgIpc) is 2.49. The molecule has 2 N–H and O–H groups in total. The molecule has 4 heteroatoms. The van der Waals surface area contributed by atoms with E-state index >= 15 is 0 Å². The minimum Gasteiger partial charge on any atom is -0.320 e. The lowest BCUT2D eigenvalue weighted by molar-refractivity contribution is 0.600. The van der Waals surface area contributed by atoms with Crippen LogP contribution in [0.2, 0.25) is 5.02 Å². The fourth-order valence-electron chi connectivity index (χ4n) is 2.34. The molecule has 0 saturated heterocycles. The van der Waals surface area contributed by atoms with Crippen LogP contribution in [0.5, 0.6) is 0 Å². The van der Waals surface area contributed by atoms with Gasteiger partial charge < -0.3 is 5.73 Å². The number of hydrogen-bond acceptors (Lipinski definition) is 2. The fraction of sp³-hybridized carbons (Fsp3) is 0.0625. The molecule has 2 aromatic carbocycles. The van der Waals surface area contributed by atoms with Crippen molar-refractivity contribution in [3.63, 3.8) is 0 Å². The van der Waals surface area contributed by atoms with Crippen molar-refractivity contribution in [3.8, 4) is 0 Å². The van der Waals surface area contributed by atoms with E-state index in [1.165, 1.54) is 6.07 Å². The third-order valence-corrected chi connectivity index (χ3v) is 3.66. The lowest BCUT2D eigenvalue weighted by Gasteiger charge is -2.16. The number of benzene rings is 2. The van der Waals surface area contributed by atoms with E-state index in [9.17, 15) is 4.39 Å². The zero-order valence-corrected chi connectivity index (χ0v) is 11.3. The van der Waals surface area contributed by atoms with E-state index in [2.05, 4.69) is 4.98 Å². The van der Waals surface area contributed by atoms with Gasteiger partial charge in [-0.3, -0.25) is 4.98 Å². The first-order valence-electron chi connectivity index (χ1n) is 6.20. The van der Waals surface area contributed by atoms with Crippen molar-refractivity contribution in [3.05, 3.63) is 76.8 Å². The number of hydrogen-bond donors (Lipinski definition) is 1. The van der Waals surface area contributed by atoms with Crippen molar-refractivity contribution in [2.24, 2.45) is 5.73 Å². The summed E-state index contributed by atoms with van der Waals surface area (Å²) in [6.45, 7) is 0. The molecule has 1 unspecified atom stereocenters. The van der Waals surface area contributed by atoms with Gasteiger partial charge >= 0.3 is 0 Å². The molecule has 100 valence electrons. The highest BCUT2D eigenvalue weighted by Gasteiger charge is 2.17. The number of nitrogens with two attached hydrogens (primary N) is 1. The molecule has 0 aliphatic carbocycles. The molecule has 3 aromatic rings. The van der Waals surface area contributed by atoms with Crippen molar-refractivity contribution < 1.29 is 4.39 Å².